The Morgan fingerprint density at radius 3 is 2.56 bits per heavy atom. The van der Waals surface area contributed by atoms with Gasteiger partial charge in [0.1, 0.15) is 11.5 Å². The lowest BCUT2D eigenvalue weighted by molar-refractivity contribution is 0.571. The molecule has 1 aromatic carbocycles. The zero-order valence-electron chi connectivity index (χ0n) is 9.31. The average molecular weight is 213 g/mol. The molecule has 0 spiro atoms. The van der Waals surface area contributed by atoms with Gasteiger partial charge < -0.3 is 10.2 Å². The summed E-state index contributed by atoms with van der Waals surface area (Å²) in [6.07, 6.45) is 5.07. The second-order valence-electron chi connectivity index (χ2n) is 3.63. The van der Waals surface area contributed by atoms with Crippen LogP contribution >= 0.6 is 0 Å². The molecule has 0 aliphatic rings. The summed E-state index contributed by atoms with van der Waals surface area (Å²) in [6, 6.07) is 11.6. The Morgan fingerprint density at radius 2 is 1.88 bits per heavy atom. The van der Waals surface area contributed by atoms with E-state index < -0.39 is 0 Å². The second kappa shape index (κ2) is 4.71. The average Bonchev–Trinajstić information content (AvgIpc) is 2.76. The third-order valence-electron chi connectivity index (χ3n) is 2.34. The SMILES string of the molecule is CC/C=C/c1ccc(-c2ccc(N)cc2)o1. The number of allylic oxidation sites excluding steroid dienone is 1. The molecule has 0 bridgehead atoms. The number of anilines is 1. The van der Waals surface area contributed by atoms with Crippen molar-refractivity contribution in [2.45, 2.75) is 13.3 Å². The summed E-state index contributed by atoms with van der Waals surface area (Å²) in [5.74, 6) is 1.75. The van der Waals surface area contributed by atoms with E-state index in [1.807, 2.05) is 42.5 Å². The van der Waals surface area contributed by atoms with Crippen LogP contribution in [0.5, 0.6) is 0 Å². The van der Waals surface area contributed by atoms with Crippen LogP contribution in [0, 0.1) is 0 Å². The predicted octanol–water partition coefficient (Wildman–Crippen LogP) is 3.95. The first-order valence-corrected chi connectivity index (χ1v) is 5.42. The first-order chi connectivity index (χ1) is 7.79. The fourth-order valence-corrected chi connectivity index (χ4v) is 1.48. The van der Waals surface area contributed by atoms with E-state index in [1.165, 1.54) is 0 Å². The fraction of sp³-hybridized carbons (Fsp3) is 0.143. The summed E-state index contributed by atoms with van der Waals surface area (Å²) in [5.41, 5.74) is 7.45. The highest BCUT2D eigenvalue weighted by Crippen LogP contribution is 2.23. The molecule has 0 saturated carbocycles. The lowest BCUT2D eigenvalue weighted by Gasteiger charge is -1.97. The van der Waals surface area contributed by atoms with E-state index in [-0.39, 0.29) is 0 Å². The summed E-state index contributed by atoms with van der Waals surface area (Å²) in [7, 11) is 0. The number of rotatable bonds is 3. The van der Waals surface area contributed by atoms with Crippen molar-refractivity contribution in [1.29, 1.82) is 0 Å². The molecule has 2 rings (SSSR count). The minimum absolute atomic E-state index is 0.765. The molecular weight excluding hydrogens is 198 g/mol. The molecule has 1 aromatic heterocycles. The van der Waals surface area contributed by atoms with E-state index in [9.17, 15) is 0 Å². The van der Waals surface area contributed by atoms with Crippen LogP contribution in [0.1, 0.15) is 19.1 Å². The largest absolute Gasteiger partial charge is 0.457 e. The van der Waals surface area contributed by atoms with Crippen molar-refractivity contribution >= 4 is 11.8 Å². The van der Waals surface area contributed by atoms with Crippen molar-refractivity contribution in [3.05, 3.63) is 48.2 Å². The lowest BCUT2D eigenvalue weighted by atomic mass is 10.1. The van der Waals surface area contributed by atoms with Crippen molar-refractivity contribution in [3.8, 4) is 11.3 Å². The van der Waals surface area contributed by atoms with E-state index in [1.54, 1.807) is 0 Å². The maximum Gasteiger partial charge on any atom is 0.134 e. The number of furan rings is 1. The van der Waals surface area contributed by atoms with E-state index >= 15 is 0 Å². The topological polar surface area (TPSA) is 39.2 Å². The molecule has 2 aromatic rings. The van der Waals surface area contributed by atoms with Crippen LogP contribution in [0.4, 0.5) is 5.69 Å². The lowest BCUT2D eigenvalue weighted by Crippen LogP contribution is -1.82. The predicted molar refractivity (Wildman–Crippen MR) is 67.9 cm³/mol. The Hall–Kier alpha value is -1.96. The molecule has 1 heterocycles. The first kappa shape index (κ1) is 10.6. The van der Waals surface area contributed by atoms with E-state index in [2.05, 4.69) is 13.0 Å². The zero-order valence-corrected chi connectivity index (χ0v) is 9.31. The standard InChI is InChI=1S/C14H15NO/c1-2-3-4-13-9-10-14(16-13)11-5-7-12(15)8-6-11/h3-10H,2,15H2,1H3/b4-3+. The van der Waals surface area contributed by atoms with Gasteiger partial charge in [0.05, 0.1) is 0 Å². The molecule has 2 N–H and O–H groups in total. The first-order valence-electron chi connectivity index (χ1n) is 5.42. The number of nitrogen functional groups attached to an aromatic ring is 1. The van der Waals surface area contributed by atoms with Gasteiger partial charge in [0, 0.05) is 11.3 Å². The number of hydrogen-bond donors (Lipinski definition) is 1. The maximum atomic E-state index is 5.68. The Morgan fingerprint density at radius 1 is 1.12 bits per heavy atom. The van der Waals surface area contributed by atoms with Gasteiger partial charge in [-0.2, -0.15) is 0 Å². The maximum absolute atomic E-state index is 5.68. The van der Waals surface area contributed by atoms with Gasteiger partial charge in [-0.15, -0.1) is 0 Å². The van der Waals surface area contributed by atoms with Gasteiger partial charge in [-0.1, -0.05) is 13.0 Å². The molecule has 0 atom stereocenters. The monoisotopic (exact) mass is 213 g/mol. The van der Waals surface area contributed by atoms with Gasteiger partial charge in [0.25, 0.3) is 0 Å². The normalized spacial score (nSPS) is 11.1. The van der Waals surface area contributed by atoms with E-state index in [4.69, 9.17) is 10.2 Å². The molecule has 0 radical (unpaired) electrons. The van der Waals surface area contributed by atoms with Gasteiger partial charge in [0.15, 0.2) is 0 Å². The van der Waals surface area contributed by atoms with Crippen molar-refractivity contribution < 1.29 is 4.42 Å². The number of nitrogens with two attached hydrogens (primary N) is 1. The third-order valence-corrected chi connectivity index (χ3v) is 2.34. The minimum atomic E-state index is 0.765. The molecule has 0 unspecified atom stereocenters. The Balaban J connectivity index is 2.24. The molecule has 0 saturated heterocycles. The minimum Gasteiger partial charge on any atom is -0.457 e. The van der Waals surface area contributed by atoms with Crippen LogP contribution in [0.2, 0.25) is 0 Å². The van der Waals surface area contributed by atoms with Gasteiger partial charge in [-0.25, -0.2) is 0 Å². The van der Waals surface area contributed by atoms with Crippen LogP contribution in [-0.2, 0) is 0 Å². The van der Waals surface area contributed by atoms with Crippen molar-refractivity contribution in [1.82, 2.24) is 0 Å². The number of hydrogen-bond acceptors (Lipinski definition) is 2. The number of benzene rings is 1. The smallest absolute Gasteiger partial charge is 0.134 e. The van der Waals surface area contributed by atoms with Gasteiger partial charge in [-0.05, 0) is 48.9 Å². The molecule has 0 aliphatic carbocycles. The zero-order chi connectivity index (χ0) is 11.4. The molecular formula is C14H15NO. The molecule has 0 amide bonds. The summed E-state index contributed by atoms with van der Waals surface area (Å²) >= 11 is 0. The molecule has 16 heavy (non-hydrogen) atoms. The Labute approximate surface area is 95.4 Å². The van der Waals surface area contributed by atoms with Crippen LogP contribution in [0.25, 0.3) is 17.4 Å². The highest BCUT2D eigenvalue weighted by Gasteiger charge is 2.02. The quantitative estimate of drug-likeness (QED) is 0.784. The van der Waals surface area contributed by atoms with Crippen LogP contribution < -0.4 is 5.73 Å². The molecule has 2 nitrogen and oxygen atoms in total. The summed E-state index contributed by atoms with van der Waals surface area (Å²) < 4.78 is 5.68. The van der Waals surface area contributed by atoms with E-state index in [0.717, 1.165) is 29.2 Å². The molecule has 0 fully saturated rings. The Bertz CT molecular complexity index is 480. The highest BCUT2D eigenvalue weighted by molar-refractivity contribution is 5.62. The highest BCUT2D eigenvalue weighted by atomic mass is 16.3. The van der Waals surface area contributed by atoms with Crippen LogP contribution in [0.15, 0.2) is 46.9 Å². The summed E-state index contributed by atoms with van der Waals surface area (Å²) in [6.45, 7) is 2.10. The Kier molecular flexibility index (Phi) is 3.10. The molecule has 82 valence electrons. The third kappa shape index (κ3) is 2.34. The van der Waals surface area contributed by atoms with E-state index in [0.29, 0.717) is 0 Å². The van der Waals surface area contributed by atoms with Gasteiger partial charge in [-0.3, -0.25) is 0 Å². The second-order valence-corrected chi connectivity index (χ2v) is 3.63. The van der Waals surface area contributed by atoms with Crippen molar-refractivity contribution in [2.24, 2.45) is 0 Å². The van der Waals surface area contributed by atoms with Crippen LogP contribution in [0.3, 0.4) is 0 Å². The van der Waals surface area contributed by atoms with Gasteiger partial charge in [0.2, 0.25) is 0 Å². The van der Waals surface area contributed by atoms with Crippen molar-refractivity contribution in [3.63, 3.8) is 0 Å². The molecule has 0 aliphatic heterocycles. The molecule has 2 heteroatoms. The summed E-state index contributed by atoms with van der Waals surface area (Å²) in [5, 5.41) is 0. The fourth-order valence-electron chi connectivity index (χ4n) is 1.48. The van der Waals surface area contributed by atoms with Gasteiger partial charge >= 0.3 is 0 Å². The van der Waals surface area contributed by atoms with Crippen LogP contribution in [-0.4, -0.2) is 0 Å². The summed E-state index contributed by atoms with van der Waals surface area (Å²) in [4.78, 5) is 0. The van der Waals surface area contributed by atoms with Crippen molar-refractivity contribution in [2.75, 3.05) is 5.73 Å².